The van der Waals surface area contributed by atoms with Crippen molar-refractivity contribution in [1.82, 2.24) is 0 Å². The molecule has 2 rings (SSSR count). The Morgan fingerprint density at radius 3 is 2.17 bits per heavy atom. The minimum atomic E-state index is -0.891. The molecule has 0 spiro atoms. The van der Waals surface area contributed by atoms with Gasteiger partial charge in [-0.3, -0.25) is 0 Å². The minimum absolute atomic E-state index is 0.133. The molecule has 2 nitrogen and oxygen atoms in total. The van der Waals surface area contributed by atoms with Gasteiger partial charge in [-0.05, 0) is 18.2 Å². The highest BCUT2D eigenvalue weighted by Crippen LogP contribution is 2.33. The van der Waals surface area contributed by atoms with Crippen molar-refractivity contribution in [3.8, 4) is 11.5 Å². The Hall–Kier alpha value is -1.52. The van der Waals surface area contributed by atoms with E-state index in [-0.39, 0.29) is 17.2 Å². The van der Waals surface area contributed by atoms with Gasteiger partial charge in [-0.1, -0.05) is 23.2 Å². The maximum absolute atomic E-state index is 13.2. The molecule has 2 aromatic carbocycles. The zero-order valence-electron chi connectivity index (χ0n) is 8.88. The molecule has 0 unspecified atom stereocenters. The molecule has 0 bridgehead atoms. The SMILES string of the molecule is Nc1c(F)cc(F)cc1Oc1cc(Cl)cc(Cl)c1. The number of nitrogen functional groups attached to an aromatic ring is 1. The summed E-state index contributed by atoms with van der Waals surface area (Å²) < 4.78 is 31.5. The summed E-state index contributed by atoms with van der Waals surface area (Å²) in [6.45, 7) is 0. The lowest BCUT2D eigenvalue weighted by molar-refractivity contribution is 0.472. The zero-order chi connectivity index (χ0) is 13.3. The first-order valence-corrected chi connectivity index (χ1v) is 5.60. The Bertz CT molecular complexity index is 585. The number of anilines is 1. The lowest BCUT2D eigenvalue weighted by Crippen LogP contribution is -1.97. The quantitative estimate of drug-likeness (QED) is 0.817. The van der Waals surface area contributed by atoms with Crippen LogP contribution < -0.4 is 10.5 Å². The standard InChI is InChI=1S/C12H7Cl2F2NO/c13-6-1-7(14)3-9(2-6)18-11-5-8(15)4-10(16)12(11)17/h1-5H,17H2. The van der Waals surface area contributed by atoms with Gasteiger partial charge in [-0.25, -0.2) is 8.78 Å². The lowest BCUT2D eigenvalue weighted by Gasteiger charge is -2.10. The van der Waals surface area contributed by atoms with Crippen LogP contribution >= 0.6 is 23.2 Å². The molecule has 0 atom stereocenters. The summed E-state index contributed by atoms with van der Waals surface area (Å²) in [6, 6.07) is 6.07. The van der Waals surface area contributed by atoms with Crippen LogP contribution in [0.2, 0.25) is 10.0 Å². The van der Waals surface area contributed by atoms with E-state index in [4.69, 9.17) is 33.7 Å². The molecular formula is C12H7Cl2F2NO. The normalized spacial score (nSPS) is 10.4. The van der Waals surface area contributed by atoms with Crippen LogP contribution in [0.15, 0.2) is 30.3 Å². The molecule has 0 radical (unpaired) electrons. The number of halogens is 4. The van der Waals surface area contributed by atoms with Gasteiger partial charge in [0, 0.05) is 22.2 Å². The molecule has 0 amide bonds. The van der Waals surface area contributed by atoms with Crippen LogP contribution in [-0.4, -0.2) is 0 Å². The first kappa shape index (κ1) is 12.9. The third kappa shape index (κ3) is 2.83. The molecule has 0 fully saturated rings. The highest BCUT2D eigenvalue weighted by molar-refractivity contribution is 6.34. The highest BCUT2D eigenvalue weighted by Gasteiger charge is 2.11. The predicted octanol–water partition coefficient (Wildman–Crippen LogP) is 4.65. The maximum atomic E-state index is 13.2. The maximum Gasteiger partial charge on any atom is 0.156 e. The highest BCUT2D eigenvalue weighted by atomic mass is 35.5. The number of benzene rings is 2. The van der Waals surface area contributed by atoms with Crippen LogP contribution in [0.25, 0.3) is 0 Å². The van der Waals surface area contributed by atoms with Crippen molar-refractivity contribution in [3.63, 3.8) is 0 Å². The van der Waals surface area contributed by atoms with E-state index < -0.39 is 11.6 Å². The molecule has 6 heteroatoms. The second kappa shape index (κ2) is 5.00. The molecule has 2 N–H and O–H groups in total. The van der Waals surface area contributed by atoms with E-state index >= 15 is 0 Å². The topological polar surface area (TPSA) is 35.2 Å². The van der Waals surface area contributed by atoms with Crippen LogP contribution in [0.1, 0.15) is 0 Å². The van der Waals surface area contributed by atoms with Gasteiger partial charge in [0.15, 0.2) is 11.6 Å². The summed E-state index contributed by atoms with van der Waals surface area (Å²) in [7, 11) is 0. The van der Waals surface area contributed by atoms with Crippen molar-refractivity contribution in [2.45, 2.75) is 0 Å². The number of hydrogen-bond acceptors (Lipinski definition) is 2. The summed E-state index contributed by atoms with van der Waals surface area (Å²) in [5, 5.41) is 0.681. The van der Waals surface area contributed by atoms with E-state index in [1.54, 1.807) is 0 Å². The Kier molecular flexibility index (Phi) is 3.59. The van der Waals surface area contributed by atoms with Gasteiger partial charge in [0.1, 0.15) is 17.3 Å². The molecule has 0 aliphatic carbocycles. The van der Waals surface area contributed by atoms with E-state index in [9.17, 15) is 8.78 Å². The van der Waals surface area contributed by atoms with Crippen LogP contribution in [0, 0.1) is 11.6 Å². The smallest absolute Gasteiger partial charge is 0.156 e. The molecule has 0 saturated heterocycles. The molecule has 0 aliphatic heterocycles. The Morgan fingerprint density at radius 1 is 0.944 bits per heavy atom. The largest absolute Gasteiger partial charge is 0.455 e. The fourth-order valence-corrected chi connectivity index (χ4v) is 1.87. The van der Waals surface area contributed by atoms with Gasteiger partial charge in [0.05, 0.1) is 0 Å². The van der Waals surface area contributed by atoms with Crippen molar-refractivity contribution in [3.05, 3.63) is 52.0 Å². The second-order valence-corrected chi connectivity index (χ2v) is 4.38. The molecule has 0 saturated carbocycles. The van der Waals surface area contributed by atoms with E-state index in [0.29, 0.717) is 16.1 Å². The van der Waals surface area contributed by atoms with Crippen molar-refractivity contribution in [1.29, 1.82) is 0 Å². The van der Waals surface area contributed by atoms with E-state index in [0.717, 1.165) is 6.07 Å². The minimum Gasteiger partial charge on any atom is -0.455 e. The summed E-state index contributed by atoms with van der Waals surface area (Å²) >= 11 is 11.5. The van der Waals surface area contributed by atoms with Crippen LogP contribution in [0.5, 0.6) is 11.5 Å². The number of ether oxygens (including phenoxy) is 1. The summed E-state index contributed by atoms with van der Waals surface area (Å²) in [5.74, 6) is -1.57. The first-order valence-electron chi connectivity index (χ1n) is 4.84. The predicted molar refractivity (Wildman–Crippen MR) is 67.3 cm³/mol. The van der Waals surface area contributed by atoms with Crippen molar-refractivity contribution >= 4 is 28.9 Å². The molecule has 0 aromatic heterocycles. The van der Waals surface area contributed by atoms with Gasteiger partial charge < -0.3 is 10.5 Å². The molecule has 2 aromatic rings. The van der Waals surface area contributed by atoms with Crippen LogP contribution in [-0.2, 0) is 0 Å². The van der Waals surface area contributed by atoms with Crippen molar-refractivity contribution in [2.24, 2.45) is 0 Å². The Labute approximate surface area is 112 Å². The number of nitrogens with two attached hydrogens (primary N) is 1. The Morgan fingerprint density at radius 2 is 1.56 bits per heavy atom. The monoisotopic (exact) mass is 289 g/mol. The average molecular weight is 290 g/mol. The average Bonchev–Trinajstić information content (AvgIpc) is 2.23. The van der Waals surface area contributed by atoms with Gasteiger partial charge in [0.2, 0.25) is 0 Å². The summed E-state index contributed by atoms with van der Waals surface area (Å²) in [5.41, 5.74) is 5.16. The van der Waals surface area contributed by atoms with Gasteiger partial charge >= 0.3 is 0 Å². The fourth-order valence-electron chi connectivity index (χ4n) is 1.36. The van der Waals surface area contributed by atoms with Crippen molar-refractivity contribution < 1.29 is 13.5 Å². The summed E-state index contributed by atoms with van der Waals surface area (Å²) in [6.07, 6.45) is 0. The molecule has 0 aliphatic rings. The van der Waals surface area contributed by atoms with Gasteiger partial charge in [0.25, 0.3) is 0 Å². The molecule has 18 heavy (non-hydrogen) atoms. The molecule has 0 heterocycles. The van der Waals surface area contributed by atoms with Gasteiger partial charge in [-0.2, -0.15) is 0 Å². The third-order valence-electron chi connectivity index (χ3n) is 2.12. The third-order valence-corrected chi connectivity index (χ3v) is 2.56. The van der Waals surface area contributed by atoms with Crippen LogP contribution in [0.4, 0.5) is 14.5 Å². The Balaban J connectivity index is 2.39. The van der Waals surface area contributed by atoms with E-state index in [2.05, 4.69) is 0 Å². The number of rotatable bonds is 2. The lowest BCUT2D eigenvalue weighted by atomic mass is 10.2. The summed E-state index contributed by atoms with van der Waals surface area (Å²) in [4.78, 5) is 0. The fraction of sp³-hybridized carbons (Fsp3) is 0. The zero-order valence-corrected chi connectivity index (χ0v) is 10.4. The van der Waals surface area contributed by atoms with E-state index in [1.165, 1.54) is 18.2 Å². The molecule has 94 valence electrons. The van der Waals surface area contributed by atoms with E-state index in [1.807, 2.05) is 0 Å². The second-order valence-electron chi connectivity index (χ2n) is 3.51. The van der Waals surface area contributed by atoms with Gasteiger partial charge in [-0.15, -0.1) is 0 Å². The van der Waals surface area contributed by atoms with Crippen molar-refractivity contribution in [2.75, 3.05) is 5.73 Å². The molecular weight excluding hydrogens is 283 g/mol. The number of hydrogen-bond donors (Lipinski definition) is 1. The van der Waals surface area contributed by atoms with Crippen LogP contribution in [0.3, 0.4) is 0 Å². The first-order chi connectivity index (χ1) is 8.45.